The lowest BCUT2D eigenvalue weighted by Gasteiger charge is -2.09. The Morgan fingerprint density at radius 2 is 1.52 bits per heavy atom. The summed E-state index contributed by atoms with van der Waals surface area (Å²) in [6.07, 6.45) is -4.48. The van der Waals surface area contributed by atoms with Crippen molar-refractivity contribution in [1.29, 1.82) is 0 Å². The highest BCUT2D eigenvalue weighted by atomic mass is 19.4. The fourth-order valence-corrected chi connectivity index (χ4v) is 2.72. The van der Waals surface area contributed by atoms with Crippen LogP contribution in [0.3, 0.4) is 0 Å². The lowest BCUT2D eigenvalue weighted by atomic mass is 10.0. The fraction of sp³-hybridized carbons (Fsp3) is 0.0952. The number of carbonyl (C=O) groups is 2. The van der Waals surface area contributed by atoms with E-state index in [9.17, 15) is 22.8 Å². The van der Waals surface area contributed by atoms with Gasteiger partial charge in [0.15, 0.2) is 0 Å². The van der Waals surface area contributed by atoms with E-state index < -0.39 is 23.6 Å². The van der Waals surface area contributed by atoms with Crippen molar-refractivity contribution in [2.24, 2.45) is 5.10 Å². The second kappa shape index (κ2) is 8.14. The summed E-state index contributed by atoms with van der Waals surface area (Å²) in [7, 11) is 0. The molecular weight excluding hydrogens is 383 g/mol. The summed E-state index contributed by atoms with van der Waals surface area (Å²) in [4.78, 5) is 23.9. The van der Waals surface area contributed by atoms with Crippen LogP contribution in [-0.4, -0.2) is 17.5 Å². The summed E-state index contributed by atoms with van der Waals surface area (Å²) in [6.45, 7) is 1.69. The zero-order valence-corrected chi connectivity index (χ0v) is 15.2. The van der Waals surface area contributed by atoms with E-state index in [-0.39, 0.29) is 5.69 Å². The van der Waals surface area contributed by atoms with Gasteiger partial charge < -0.3 is 5.32 Å². The summed E-state index contributed by atoms with van der Waals surface area (Å²) >= 11 is 0. The Kier molecular flexibility index (Phi) is 5.63. The van der Waals surface area contributed by atoms with E-state index in [2.05, 4.69) is 15.8 Å². The van der Waals surface area contributed by atoms with Crippen LogP contribution in [0.25, 0.3) is 10.8 Å². The smallest absolute Gasteiger partial charge is 0.318 e. The number of benzene rings is 3. The number of nitrogens with one attached hydrogen (secondary N) is 2. The summed E-state index contributed by atoms with van der Waals surface area (Å²) in [5.74, 6) is -2.08. The molecule has 5 nitrogen and oxygen atoms in total. The van der Waals surface area contributed by atoms with Crippen LogP contribution >= 0.6 is 0 Å². The maximum absolute atomic E-state index is 12.6. The average molecular weight is 399 g/mol. The monoisotopic (exact) mass is 399 g/mol. The van der Waals surface area contributed by atoms with Crippen molar-refractivity contribution in [3.05, 3.63) is 77.9 Å². The van der Waals surface area contributed by atoms with Gasteiger partial charge in [0.2, 0.25) is 0 Å². The number of hydrogen-bond acceptors (Lipinski definition) is 3. The van der Waals surface area contributed by atoms with Gasteiger partial charge in [-0.25, -0.2) is 5.43 Å². The first kappa shape index (κ1) is 20.1. The van der Waals surface area contributed by atoms with Crippen molar-refractivity contribution in [3.63, 3.8) is 0 Å². The Bertz CT molecular complexity index is 1090. The largest absolute Gasteiger partial charge is 0.416 e. The van der Waals surface area contributed by atoms with E-state index in [1.807, 2.05) is 42.5 Å². The van der Waals surface area contributed by atoms with Crippen molar-refractivity contribution in [2.75, 3.05) is 5.32 Å². The summed E-state index contributed by atoms with van der Waals surface area (Å²) in [5.41, 5.74) is 2.66. The third kappa shape index (κ3) is 4.78. The molecule has 0 bridgehead atoms. The maximum Gasteiger partial charge on any atom is 0.416 e. The normalized spacial score (nSPS) is 11.9. The first-order valence-electron chi connectivity index (χ1n) is 8.57. The number of carbonyl (C=O) groups excluding carboxylic acids is 2. The second-order valence-electron chi connectivity index (χ2n) is 6.19. The molecule has 3 rings (SSSR count). The lowest BCUT2D eigenvalue weighted by Crippen LogP contribution is -2.33. The minimum absolute atomic E-state index is 0.0629. The third-order valence-electron chi connectivity index (χ3n) is 4.18. The molecule has 0 fully saturated rings. The maximum atomic E-state index is 12.6. The second-order valence-corrected chi connectivity index (χ2v) is 6.19. The highest BCUT2D eigenvalue weighted by Crippen LogP contribution is 2.29. The molecule has 0 aliphatic heterocycles. The van der Waals surface area contributed by atoms with Gasteiger partial charge in [0.1, 0.15) is 0 Å². The SMILES string of the molecule is C/C(=N\NC(=O)C(=O)Nc1ccc(C(F)(F)F)cc1)c1cccc2ccccc12. The first-order valence-corrected chi connectivity index (χ1v) is 8.57. The summed E-state index contributed by atoms with van der Waals surface area (Å²) in [5, 5.41) is 8.14. The molecule has 0 saturated heterocycles. The van der Waals surface area contributed by atoms with E-state index in [0.717, 1.165) is 40.6 Å². The van der Waals surface area contributed by atoms with E-state index in [1.54, 1.807) is 6.92 Å². The highest BCUT2D eigenvalue weighted by Gasteiger charge is 2.30. The zero-order chi connectivity index (χ0) is 21.0. The molecule has 0 heterocycles. The molecule has 29 heavy (non-hydrogen) atoms. The molecule has 0 aliphatic carbocycles. The van der Waals surface area contributed by atoms with Gasteiger partial charge >= 0.3 is 18.0 Å². The van der Waals surface area contributed by atoms with E-state index in [0.29, 0.717) is 5.71 Å². The van der Waals surface area contributed by atoms with Crippen molar-refractivity contribution in [1.82, 2.24) is 5.43 Å². The van der Waals surface area contributed by atoms with Crippen LogP contribution in [0.2, 0.25) is 0 Å². The molecule has 0 spiro atoms. The van der Waals surface area contributed by atoms with E-state index in [1.165, 1.54) is 0 Å². The van der Waals surface area contributed by atoms with Crippen LogP contribution < -0.4 is 10.7 Å². The van der Waals surface area contributed by atoms with Crippen LogP contribution in [0.4, 0.5) is 18.9 Å². The molecule has 2 amide bonds. The standard InChI is InChI=1S/C21H16F3N3O2/c1-13(17-8-4-6-14-5-2-3-7-18(14)17)26-27-20(29)19(28)25-16-11-9-15(10-12-16)21(22,23)24/h2-12H,1H3,(H,25,28)(H,27,29)/b26-13+. The van der Waals surface area contributed by atoms with Crippen LogP contribution in [0, 0.1) is 0 Å². The summed E-state index contributed by atoms with van der Waals surface area (Å²) < 4.78 is 37.7. The Morgan fingerprint density at radius 3 is 2.21 bits per heavy atom. The van der Waals surface area contributed by atoms with Gasteiger partial charge in [-0.1, -0.05) is 42.5 Å². The van der Waals surface area contributed by atoms with Crippen molar-refractivity contribution < 1.29 is 22.8 Å². The number of alkyl halides is 3. The van der Waals surface area contributed by atoms with Crippen LogP contribution in [0.15, 0.2) is 71.8 Å². The van der Waals surface area contributed by atoms with Crippen LogP contribution in [-0.2, 0) is 15.8 Å². The van der Waals surface area contributed by atoms with Crippen LogP contribution in [0.5, 0.6) is 0 Å². The molecule has 0 radical (unpaired) electrons. The van der Waals surface area contributed by atoms with Gasteiger partial charge in [0.25, 0.3) is 0 Å². The Morgan fingerprint density at radius 1 is 0.862 bits per heavy atom. The van der Waals surface area contributed by atoms with Gasteiger partial charge in [-0.15, -0.1) is 0 Å². The number of rotatable bonds is 3. The minimum atomic E-state index is -4.48. The predicted molar refractivity (Wildman–Crippen MR) is 104 cm³/mol. The zero-order valence-electron chi connectivity index (χ0n) is 15.2. The first-order chi connectivity index (χ1) is 13.8. The topological polar surface area (TPSA) is 70.6 Å². The number of halogens is 3. The fourth-order valence-electron chi connectivity index (χ4n) is 2.72. The molecule has 8 heteroatoms. The molecular formula is C21H16F3N3O2. The highest BCUT2D eigenvalue weighted by molar-refractivity contribution is 6.39. The Balaban J connectivity index is 1.67. The van der Waals surface area contributed by atoms with Gasteiger partial charge in [-0.3, -0.25) is 9.59 Å². The van der Waals surface area contributed by atoms with Gasteiger partial charge in [0.05, 0.1) is 11.3 Å². The van der Waals surface area contributed by atoms with Gasteiger partial charge in [0, 0.05) is 11.3 Å². The lowest BCUT2D eigenvalue weighted by molar-refractivity contribution is -0.137. The minimum Gasteiger partial charge on any atom is -0.318 e. The number of fused-ring (bicyclic) bond motifs is 1. The molecule has 148 valence electrons. The van der Waals surface area contributed by atoms with Gasteiger partial charge in [-0.2, -0.15) is 18.3 Å². The number of hydrogen-bond donors (Lipinski definition) is 2. The molecule has 0 saturated carbocycles. The van der Waals surface area contributed by atoms with Crippen molar-refractivity contribution in [3.8, 4) is 0 Å². The molecule has 0 unspecified atom stereocenters. The number of hydrazone groups is 1. The predicted octanol–water partition coefficient (Wildman–Crippen LogP) is 4.34. The third-order valence-corrected chi connectivity index (χ3v) is 4.18. The van der Waals surface area contributed by atoms with Crippen LogP contribution in [0.1, 0.15) is 18.1 Å². The number of anilines is 1. The molecule has 2 N–H and O–H groups in total. The molecule has 0 aromatic heterocycles. The molecule has 3 aromatic rings. The molecule has 0 atom stereocenters. The number of nitrogens with zero attached hydrogens (tertiary/aromatic N) is 1. The molecule has 3 aromatic carbocycles. The Labute approximate surface area is 164 Å². The van der Waals surface area contributed by atoms with Crippen molar-refractivity contribution >= 4 is 34.0 Å². The average Bonchev–Trinajstić information content (AvgIpc) is 2.71. The van der Waals surface area contributed by atoms with E-state index >= 15 is 0 Å². The van der Waals surface area contributed by atoms with Crippen molar-refractivity contribution in [2.45, 2.75) is 13.1 Å². The van der Waals surface area contributed by atoms with Gasteiger partial charge in [-0.05, 0) is 42.0 Å². The molecule has 0 aliphatic rings. The van der Waals surface area contributed by atoms with E-state index in [4.69, 9.17) is 0 Å². The quantitative estimate of drug-likeness (QED) is 0.391. The number of amides is 2. The Hall–Kier alpha value is -3.68. The summed E-state index contributed by atoms with van der Waals surface area (Å²) in [6, 6.07) is 17.1.